The summed E-state index contributed by atoms with van der Waals surface area (Å²) < 4.78 is 9.77. The van der Waals surface area contributed by atoms with Gasteiger partial charge in [-0.1, -0.05) is 0 Å². The van der Waals surface area contributed by atoms with Gasteiger partial charge in [0.05, 0.1) is 20.8 Å². The molecule has 1 aromatic carbocycles. The summed E-state index contributed by atoms with van der Waals surface area (Å²) in [7, 11) is 2.92. The highest BCUT2D eigenvalue weighted by atomic mass is 32.1. The van der Waals surface area contributed by atoms with Crippen LogP contribution in [0, 0.1) is 0 Å². The smallest absolute Gasteiger partial charge is 0.357 e. The van der Waals surface area contributed by atoms with Crippen molar-refractivity contribution < 1.29 is 19.1 Å². The number of nitrogens with one attached hydrogen (secondary N) is 1. The van der Waals surface area contributed by atoms with Gasteiger partial charge in [0.1, 0.15) is 10.8 Å². The van der Waals surface area contributed by atoms with E-state index in [0.717, 1.165) is 18.6 Å². The van der Waals surface area contributed by atoms with E-state index < -0.39 is 5.97 Å². The summed E-state index contributed by atoms with van der Waals surface area (Å²) in [6.07, 6.45) is 1.95. The van der Waals surface area contributed by atoms with Crippen LogP contribution in [0.1, 0.15) is 28.3 Å². The standard InChI is InChI=1S/C17H19N3O4S/c1-23-13-7-3-11(4-8-13)18-17(22)20(12-5-6-12)9-15-19-14(10-25-15)16(21)24-2/h3-4,7-8,10,12H,5-6,9H2,1-2H3,(H,18,22). The molecule has 132 valence electrons. The van der Waals surface area contributed by atoms with E-state index >= 15 is 0 Å². The molecule has 1 aliphatic rings. The third kappa shape index (κ3) is 4.27. The first kappa shape index (κ1) is 17.2. The predicted octanol–water partition coefficient (Wildman–Crippen LogP) is 3.13. The second kappa shape index (κ2) is 7.52. The van der Waals surface area contributed by atoms with Crippen LogP contribution in [0.25, 0.3) is 0 Å². The van der Waals surface area contributed by atoms with Crippen molar-refractivity contribution in [1.82, 2.24) is 9.88 Å². The highest BCUT2D eigenvalue weighted by Gasteiger charge is 2.33. The number of urea groups is 1. The lowest BCUT2D eigenvalue weighted by atomic mass is 10.3. The summed E-state index contributed by atoms with van der Waals surface area (Å²) >= 11 is 1.35. The fourth-order valence-corrected chi connectivity index (χ4v) is 3.11. The molecule has 3 rings (SSSR count). The highest BCUT2D eigenvalue weighted by molar-refractivity contribution is 7.09. The monoisotopic (exact) mass is 361 g/mol. The molecule has 0 radical (unpaired) electrons. The Balaban J connectivity index is 1.66. The molecule has 8 heteroatoms. The summed E-state index contributed by atoms with van der Waals surface area (Å²) in [4.78, 5) is 30.1. The molecule has 0 bridgehead atoms. The summed E-state index contributed by atoms with van der Waals surface area (Å²) in [5, 5.41) is 5.24. The molecular formula is C17H19N3O4S. The van der Waals surface area contributed by atoms with Crippen LogP contribution in [0.2, 0.25) is 0 Å². The van der Waals surface area contributed by atoms with Gasteiger partial charge in [-0.2, -0.15) is 0 Å². The zero-order chi connectivity index (χ0) is 17.8. The van der Waals surface area contributed by atoms with Gasteiger partial charge in [-0.25, -0.2) is 14.6 Å². The normalized spacial score (nSPS) is 13.2. The van der Waals surface area contributed by atoms with E-state index in [0.29, 0.717) is 17.2 Å². The van der Waals surface area contributed by atoms with E-state index in [1.807, 2.05) is 0 Å². The number of benzene rings is 1. The second-order valence-electron chi connectivity index (χ2n) is 5.64. The van der Waals surface area contributed by atoms with Gasteiger partial charge in [-0.3, -0.25) is 0 Å². The van der Waals surface area contributed by atoms with Crippen molar-refractivity contribution in [3.63, 3.8) is 0 Å². The summed E-state index contributed by atoms with van der Waals surface area (Å²) in [5.41, 5.74) is 0.972. The number of rotatable bonds is 6. The quantitative estimate of drug-likeness (QED) is 0.800. The lowest BCUT2D eigenvalue weighted by Crippen LogP contribution is -2.36. The summed E-state index contributed by atoms with van der Waals surface area (Å²) in [6.45, 7) is 0.369. The molecule has 7 nitrogen and oxygen atoms in total. The largest absolute Gasteiger partial charge is 0.497 e. The number of nitrogens with zero attached hydrogens (tertiary/aromatic N) is 2. The fraction of sp³-hybridized carbons (Fsp3) is 0.353. The van der Waals surface area contributed by atoms with Crippen molar-refractivity contribution in [2.45, 2.75) is 25.4 Å². The fourth-order valence-electron chi connectivity index (χ4n) is 2.35. The van der Waals surface area contributed by atoms with Crippen LogP contribution in [-0.4, -0.2) is 42.1 Å². The number of hydrogen-bond donors (Lipinski definition) is 1. The molecule has 1 aromatic heterocycles. The number of thiazole rings is 1. The molecular weight excluding hydrogens is 342 g/mol. The van der Waals surface area contributed by atoms with Gasteiger partial charge >= 0.3 is 12.0 Å². The molecule has 0 aliphatic heterocycles. The Morgan fingerprint density at radius 2 is 2.00 bits per heavy atom. The summed E-state index contributed by atoms with van der Waals surface area (Å²) in [5.74, 6) is 0.262. The number of carbonyl (C=O) groups excluding carboxylic acids is 2. The number of hydrogen-bond acceptors (Lipinski definition) is 6. The number of anilines is 1. The maximum Gasteiger partial charge on any atom is 0.357 e. The summed E-state index contributed by atoms with van der Waals surface area (Å²) in [6, 6.07) is 7.20. The second-order valence-corrected chi connectivity index (χ2v) is 6.58. The molecule has 0 unspecified atom stereocenters. The number of aromatic nitrogens is 1. The molecule has 1 saturated carbocycles. The Morgan fingerprint density at radius 3 is 2.60 bits per heavy atom. The molecule has 0 spiro atoms. The van der Waals surface area contributed by atoms with Crippen LogP contribution in [0.15, 0.2) is 29.6 Å². The van der Waals surface area contributed by atoms with Crippen LogP contribution in [0.3, 0.4) is 0 Å². The van der Waals surface area contributed by atoms with Crippen molar-refractivity contribution in [1.29, 1.82) is 0 Å². The SMILES string of the molecule is COC(=O)c1csc(CN(C(=O)Nc2ccc(OC)cc2)C2CC2)n1. The Morgan fingerprint density at radius 1 is 1.28 bits per heavy atom. The maximum absolute atomic E-state index is 12.6. The van der Waals surface area contributed by atoms with Gasteiger partial charge in [-0.05, 0) is 37.1 Å². The minimum atomic E-state index is -0.469. The van der Waals surface area contributed by atoms with E-state index in [1.54, 1.807) is 41.7 Å². The molecule has 1 heterocycles. The first-order valence-electron chi connectivity index (χ1n) is 7.85. The van der Waals surface area contributed by atoms with Crippen LogP contribution in [-0.2, 0) is 11.3 Å². The van der Waals surface area contributed by atoms with E-state index in [2.05, 4.69) is 15.0 Å². The molecule has 25 heavy (non-hydrogen) atoms. The van der Waals surface area contributed by atoms with Gasteiger partial charge in [0.25, 0.3) is 0 Å². The number of esters is 1. The van der Waals surface area contributed by atoms with Crippen LogP contribution in [0.4, 0.5) is 10.5 Å². The molecule has 2 aromatic rings. The number of ether oxygens (including phenoxy) is 2. The molecule has 0 saturated heterocycles. The molecule has 1 N–H and O–H groups in total. The van der Waals surface area contributed by atoms with E-state index in [4.69, 9.17) is 4.74 Å². The number of methoxy groups -OCH3 is 2. The third-order valence-corrected chi connectivity index (χ3v) is 4.68. The highest BCUT2D eigenvalue weighted by Crippen LogP contribution is 2.30. The zero-order valence-electron chi connectivity index (χ0n) is 14.0. The van der Waals surface area contributed by atoms with Crippen LogP contribution in [0.5, 0.6) is 5.75 Å². The third-order valence-electron chi connectivity index (χ3n) is 3.84. The first-order chi connectivity index (χ1) is 12.1. The van der Waals surface area contributed by atoms with Gasteiger partial charge in [0, 0.05) is 17.1 Å². The minimum absolute atomic E-state index is 0.178. The number of amides is 2. The van der Waals surface area contributed by atoms with Crippen molar-refractivity contribution in [2.75, 3.05) is 19.5 Å². The van der Waals surface area contributed by atoms with E-state index in [-0.39, 0.29) is 17.8 Å². The molecule has 1 aliphatic carbocycles. The number of carbonyl (C=O) groups is 2. The van der Waals surface area contributed by atoms with Crippen molar-refractivity contribution in [3.05, 3.63) is 40.3 Å². The Hall–Kier alpha value is -2.61. The van der Waals surface area contributed by atoms with Crippen molar-refractivity contribution >= 4 is 29.0 Å². The topological polar surface area (TPSA) is 80.8 Å². The van der Waals surface area contributed by atoms with Crippen LogP contribution < -0.4 is 10.1 Å². The first-order valence-corrected chi connectivity index (χ1v) is 8.73. The van der Waals surface area contributed by atoms with Crippen molar-refractivity contribution in [2.24, 2.45) is 0 Å². The minimum Gasteiger partial charge on any atom is -0.497 e. The molecule has 0 atom stereocenters. The zero-order valence-corrected chi connectivity index (χ0v) is 14.8. The van der Waals surface area contributed by atoms with Gasteiger partial charge < -0.3 is 19.7 Å². The molecule has 2 amide bonds. The van der Waals surface area contributed by atoms with Gasteiger partial charge in [-0.15, -0.1) is 11.3 Å². The Kier molecular flexibility index (Phi) is 5.18. The van der Waals surface area contributed by atoms with E-state index in [1.165, 1.54) is 18.4 Å². The van der Waals surface area contributed by atoms with E-state index in [9.17, 15) is 9.59 Å². The predicted molar refractivity (Wildman–Crippen MR) is 94.0 cm³/mol. The maximum atomic E-state index is 12.6. The average Bonchev–Trinajstić information content (AvgIpc) is 3.37. The average molecular weight is 361 g/mol. The molecule has 1 fully saturated rings. The van der Waals surface area contributed by atoms with Gasteiger partial charge in [0.15, 0.2) is 5.69 Å². The Labute approximate surface area is 149 Å². The Bertz CT molecular complexity index is 756. The lowest BCUT2D eigenvalue weighted by Gasteiger charge is -2.21. The lowest BCUT2D eigenvalue weighted by molar-refractivity contribution is 0.0594. The van der Waals surface area contributed by atoms with Crippen molar-refractivity contribution in [3.8, 4) is 5.75 Å². The van der Waals surface area contributed by atoms with Gasteiger partial charge in [0.2, 0.25) is 0 Å². The van der Waals surface area contributed by atoms with Crippen LogP contribution >= 0.6 is 11.3 Å².